The molecule has 0 aliphatic carbocycles. The van der Waals surface area contributed by atoms with Crippen molar-refractivity contribution in [3.63, 3.8) is 0 Å². The molecule has 0 radical (unpaired) electrons. The van der Waals surface area contributed by atoms with Crippen LogP contribution in [-0.2, 0) is 38.0 Å². The number of Topliss-reactive ketones (excluding diaryl/α,β-unsaturated/α-hetero) is 1. The molecule has 3 heterocycles. The van der Waals surface area contributed by atoms with Crippen molar-refractivity contribution in [1.29, 1.82) is 0 Å². The lowest BCUT2D eigenvalue weighted by Gasteiger charge is -2.35. The monoisotopic (exact) mass is 912 g/mol. The number of benzene rings is 4. The van der Waals surface area contributed by atoms with Crippen molar-refractivity contribution in [1.82, 2.24) is 24.4 Å². The van der Waals surface area contributed by atoms with Gasteiger partial charge in [-0.2, -0.15) is 0 Å². The van der Waals surface area contributed by atoms with Gasteiger partial charge in [0, 0.05) is 26.7 Å². The molecule has 320 valence electrons. The third-order valence-electron chi connectivity index (χ3n) is 8.97. The van der Waals surface area contributed by atoms with Crippen LogP contribution in [0.5, 0.6) is 0 Å². The molecule has 0 saturated heterocycles. The molecular formula is C40H40Cl4N10O7. The van der Waals surface area contributed by atoms with Crippen molar-refractivity contribution in [2.75, 3.05) is 34.9 Å². The van der Waals surface area contributed by atoms with E-state index in [-0.39, 0.29) is 18.8 Å². The number of nitrogens with one attached hydrogen (secondary N) is 4. The Labute approximate surface area is 368 Å². The number of nitrogens with two attached hydrogens (primary N) is 2. The Hall–Kier alpha value is -6.27. The van der Waals surface area contributed by atoms with E-state index in [4.69, 9.17) is 62.6 Å². The van der Waals surface area contributed by atoms with Gasteiger partial charge in [-0.05, 0) is 69.3 Å². The first kappa shape index (κ1) is 45.8. The van der Waals surface area contributed by atoms with Gasteiger partial charge in [-0.1, -0.05) is 58.5 Å². The van der Waals surface area contributed by atoms with Crippen molar-refractivity contribution < 1.29 is 33.4 Å². The van der Waals surface area contributed by atoms with Gasteiger partial charge < -0.3 is 51.3 Å². The van der Waals surface area contributed by atoms with Gasteiger partial charge in [0.2, 0.25) is 23.3 Å². The van der Waals surface area contributed by atoms with E-state index in [1.54, 1.807) is 105 Å². The van der Waals surface area contributed by atoms with Crippen LogP contribution < -0.4 is 32.7 Å². The number of amides is 2. The maximum Gasteiger partial charge on any atom is 0.374 e. The van der Waals surface area contributed by atoms with Crippen LogP contribution in [0.1, 0.15) is 48.4 Å². The Morgan fingerprint density at radius 1 is 0.754 bits per heavy atom. The van der Waals surface area contributed by atoms with Gasteiger partial charge in [0.1, 0.15) is 0 Å². The van der Waals surface area contributed by atoms with E-state index in [1.165, 1.54) is 6.92 Å². The number of fused-ring (bicyclic) bond motifs is 4. The van der Waals surface area contributed by atoms with Gasteiger partial charge >= 0.3 is 11.9 Å². The van der Waals surface area contributed by atoms with Gasteiger partial charge in [-0.3, -0.25) is 14.4 Å². The van der Waals surface area contributed by atoms with Crippen molar-refractivity contribution >= 4 is 133 Å². The number of imidazole rings is 2. The minimum atomic E-state index is -1.36. The molecule has 2 aromatic heterocycles. The van der Waals surface area contributed by atoms with Crippen molar-refractivity contribution in [2.24, 2.45) is 19.8 Å². The van der Waals surface area contributed by atoms with Gasteiger partial charge in [-0.15, -0.1) is 0 Å². The second-order valence-corrected chi connectivity index (χ2v) is 14.9. The van der Waals surface area contributed by atoms with E-state index in [2.05, 4.69) is 36.0 Å². The number of anilines is 6. The van der Waals surface area contributed by atoms with Crippen LogP contribution in [0, 0.1) is 0 Å². The fourth-order valence-electron chi connectivity index (χ4n) is 6.10. The quantitative estimate of drug-likeness (QED) is 0.0469. The molecule has 0 saturated carbocycles. The van der Waals surface area contributed by atoms with Crippen LogP contribution in [0.15, 0.2) is 60.7 Å². The zero-order valence-corrected chi connectivity index (χ0v) is 36.5. The third kappa shape index (κ3) is 9.70. The largest absolute Gasteiger partial charge is 0.463 e. The summed E-state index contributed by atoms with van der Waals surface area (Å²) in [6.45, 7) is 6.57. The number of carbonyl (C=O) groups is 5. The summed E-state index contributed by atoms with van der Waals surface area (Å²) in [4.78, 5) is 66.3. The second-order valence-electron chi connectivity index (χ2n) is 13.3. The lowest BCUT2D eigenvalue weighted by Crippen LogP contribution is -2.61. The van der Waals surface area contributed by atoms with Crippen LogP contribution in [0.4, 0.5) is 34.6 Å². The Bertz CT molecular complexity index is 2680. The number of hydrogen-bond acceptors (Lipinski definition) is 13. The van der Waals surface area contributed by atoms with Crippen molar-refractivity contribution in [3.8, 4) is 0 Å². The fraction of sp³-hybridized carbons (Fsp3) is 0.225. The van der Waals surface area contributed by atoms with Gasteiger partial charge in [0.25, 0.3) is 11.8 Å². The normalized spacial score (nSPS) is 14.0. The number of nitrogens with zero attached hydrogens (tertiary/aromatic N) is 4. The van der Waals surface area contributed by atoms with Crippen LogP contribution in [0.25, 0.3) is 22.1 Å². The highest BCUT2D eigenvalue weighted by atomic mass is 35.5. The molecule has 61 heavy (non-hydrogen) atoms. The molecule has 7 rings (SSSR count). The highest BCUT2D eigenvalue weighted by Gasteiger charge is 2.42. The van der Waals surface area contributed by atoms with Crippen molar-refractivity contribution in [2.45, 2.75) is 33.4 Å². The first-order valence-electron chi connectivity index (χ1n) is 18.2. The minimum absolute atomic E-state index is 0.208. The smallest absolute Gasteiger partial charge is 0.374 e. The molecule has 0 spiro atoms. The summed E-state index contributed by atoms with van der Waals surface area (Å²) >= 11 is 24.8. The predicted octanol–water partition coefficient (Wildman–Crippen LogP) is 7.50. The Morgan fingerprint density at radius 2 is 1.23 bits per heavy atom. The zero-order valence-electron chi connectivity index (χ0n) is 33.5. The summed E-state index contributed by atoms with van der Waals surface area (Å²) in [5.74, 6) is -1.97. The molecule has 0 fully saturated rings. The topological polar surface area (TPSA) is 240 Å². The van der Waals surface area contributed by atoms with E-state index in [0.717, 1.165) is 0 Å². The van der Waals surface area contributed by atoms with Gasteiger partial charge in [0.15, 0.2) is 0 Å². The number of halogens is 4. The van der Waals surface area contributed by atoms with E-state index in [0.29, 0.717) is 82.4 Å². The van der Waals surface area contributed by atoms with Crippen LogP contribution in [0.3, 0.4) is 0 Å². The molecule has 21 heteroatoms. The number of carbonyl (C=O) groups excluding carboxylic acids is 5. The summed E-state index contributed by atoms with van der Waals surface area (Å²) in [6, 6.07) is 17.2. The summed E-state index contributed by atoms with van der Waals surface area (Å²) in [6.07, 6.45) is 0. The SMILES string of the molecule is CCOC(=O)C(C)=O.CCOC(=O)C1(C)NC(=O)c2c(ccc3nc(Nc4c(Cl)cccc4Cl)n(C)c23)N1.Cn1c(Nc2c(Cl)cccc2Cl)nc2ccc(N)c(C(N)=O)c21. The van der Waals surface area contributed by atoms with E-state index < -0.39 is 35.2 Å². The number of aryl methyl sites for hydroxylation is 2. The number of para-hydroxylation sites is 2. The molecule has 1 aliphatic heterocycles. The molecule has 6 aromatic rings. The Kier molecular flexibility index (Phi) is 14.2. The molecule has 17 nitrogen and oxygen atoms in total. The summed E-state index contributed by atoms with van der Waals surface area (Å²) < 4.78 is 12.8. The highest BCUT2D eigenvalue weighted by molar-refractivity contribution is 6.40. The van der Waals surface area contributed by atoms with E-state index >= 15 is 0 Å². The average Bonchev–Trinajstić information content (AvgIpc) is 3.69. The number of rotatable bonds is 9. The highest BCUT2D eigenvalue weighted by Crippen LogP contribution is 2.37. The maximum atomic E-state index is 13.0. The molecule has 1 aliphatic rings. The third-order valence-corrected chi connectivity index (χ3v) is 10.2. The number of primary amides is 1. The van der Waals surface area contributed by atoms with Crippen LogP contribution >= 0.6 is 46.4 Å². The maximum absolute atomic E-state index is 13.0. The number of nitrogen functional groups attached to an aromatic ring is 1. The summed E-state index contributed by atoms with van der Waals surface area (Å²) in [5.41, 5.74) is 14.7. The van der Waals surface area contributed by atoms with E-state index in [1.807, 2.05) is 0 Å². The molecular weight excluding hydrogens is 874 g/mol. The standard InChI is InChI=1S/C20H19Cl2N5O3.C15H13Cl2N5O.C5H8O3/c1-4-30-18(29)20(2)25-12-8-9-13-16(14(12)17(28)26-20)27(3)19(23-13)24-15-10(21)6-5-7-11(15)22;1-22-13-10(6-5-9(18)11(13)14(19)23)20-15(22)21-12-7(16)3-2-4-8(12)17;1-3-8-5(7)4(2)6/h5-9,25H,4H2,1-3H3,(H,23,24)(H,26,28);2-6H,18H2,1H3,(H2,19,23)(H,20,21);3H2,1-2H3. The molecule has 2 amide bonds. The number of esters is 2. The van der Waals surface area contributed by atoms with Gasteiger partial charge in [0.05, 0.1) is 83.6 Å². The average molecular weight is 915 g/mol. The van der Waals surface area contributed by atoms with Crippen molar-refractivity contribution in [3.05, 3.63) is 91.9 Å². The van der Waals surface area contributed by atoms with E-state index in [9.17, 15) is 24.0 Å². The molecule has 0 bridgehead atoms. The Balaban J connectivity index is 0.000000201. The molecule has 4 aromatic carbocycles. The molecule has 1 unspecified atom stereocenters. The first-order chi connectivity index (χ1) is 28.8. The van der Waals surface area contributed by atoms with Crippen LogP contribution in [-0.4, -0.2) is 67.5 Å². The van der Waals surface area contributed by atoms with Gasteiger partial charge in [-0.25, -0.2) is 19.6 Å². The van der Waals surface area contributed by atoms with Crippen LogP contribution in [0.2, 0.25) is 20.1 Å². The molecule has 8 N–H and O–H groups in total. The number of ether oxygens (including phenoxy) is 2. The first-order valence-corrected chi connectivity index (χ1v) is 19.8. The Morgan fingerprint density at radius 3 is 1.69 bits per heavy atom. The fourth-order valence-corrected chi connectivity index (χ4v) is 7.08. The lowest BCUT2D eigenvalue weighted by molar-refractivity contribution is -0.152. The predicted molar refractivity (Wildman–Crippen MR) is 237 cm³/mol. The minimum Gasteiger partial charge on any atom is -0.463 e. The number of hydrogen-bond donors (Lipinski definition) is 6. The number of ketones is 1. The zero-order chi connectivity index (χ0) is 44.9. The lowest BCUT2D eigenvalue weighted by atomic mass is 10.0. The second kappa shape index (κ2) is 19.0. The number of aromatic nitrogens is 4. The summed E-state index contributed by atoms with van der Waals surface area (Å²) in [7, 11) is 3.52. The summed E-state index contributed by atoms with van der Waals surface area (Å²) in [5, 5.41) is 13.8. The molecule has 1 atom stereocenters.